The minimum Gasteiger partial charge on any atom is -0.350 e. The predicted octanol–water partition coefficient (Wildman–Crippen LogP) is 2.60. The summed E-state index contributed by atoms with van der Waals surface area (Å²) in [4.78, 5) is 17.5. The minimum absolute atomic E-state index is 0.0814. The first-order chi connectivity index (χ1) is 9.66. The number of thiophene rings is 1. The molecule has 3 aromatic rings. The van der Waals surface area contributed by atoms with E-state index in [9.17, 15) is 4.79 Å². The maximum Gasteiger partial charge on any atom is 0.256 e. The van der Waals surface area contributed by atoms with Crippen molar-refractivity contribution >= 4 is 22.9 Å². The van der Waals surface area contributed by atoms with Crippen LogP contribution in [-0.2, 0) is 0 Å². The van der Waals surface area contributed by atoms with Gasteiger partial charge in [0.25, 0.3) is 5.91 Å². The molecule has 3 aromatic heterocycles. The highest BCUT2D eigenvalue weighted by Gasteiger charge is 2.16. The van der Waals surface area contributed by atoms with Crippen molar-refractivity contribution in [3.05, 3.63) is 41.5 Å². The second-order valence-electron chi connectivity index (χ2n) is 4.73. The number of amides is 1. The molecule has 0 radical (unpaired) electrons. The Morgan fingerprint density at radius 3 is 2.95 bits per heavy atom. The molecule has 1 N–H and O–H groups in total. The van der Waals surface area contributed by atoms with Gasteiger partial charge in [-0.05, 0) is 31.4 Å². The molecule has 0 unspecified atom stereocenters. The molecule has 0 aliphatic rings. The molecule has 5 nitrogen and oxygen atoms in total. The average Bonchev–Trinajstić information content (AvgIpc) is 3.07. The molecule has 20 heavy (non-hydrogen) atoms. The van der Waals surface area contributed by atoms with Crippen molar-refractivity contribution in [2.75, 3.05) is 0 Å². The normalized spacial score (nSPS) is 11.2. The molecule has 0 aliphatic carbocycles. The summed E-state index contributed by atoms with van der Waals surface area (Å²) in [7, 11) is 0. The summed E-state index contributed by atoms with van der Waals surface area (Å²) in [5, 5.41) is 9.18. The first kappa shape index (κ1) is 12.8. The summed E-state index contributed by atoms with van der Waals surface area (Å²) >= 11 is 1.63. The number of rotatable bonds is 3. The Morgan fingerprint density at radius 2 is 2.25 bits per heavy atom. The van der Waals surface area contributed by atoms with E-state index in [0.29, 0.717) is 11.2 Å². The number of nitrogens with one attached hydrogen (secondary N) is 1. The van der Waals surface area contributed by atoms with Gasteiger partial charge in [0.2, 0.25) is 0 Å². The van der Waals surface area contributed by atoms with Crippen molar-refractivity contribution in [3.63, 3.8) is 0 Å². The molecule has 0 fully saturated rings. The summed E-state index contributed by atoms with van der Waals surface area (Å²) < 4.78 is 1.71. The molecular formula is C14H14N4OS. The van der Waals surface area contributed by atoms with E-state index in [4.69, 9.17) is 0 Å². The summed E-state index contributed by atoms with van der Waals surface area (Å²) in [5.41, 5.74) is 2.01. The Bertz CT molecular complexity index is 746. The van der Waals surface area contributed by atoms with Crippen LogP contribution >= 0.6 is 11.3 Å². The fraction of sp³-hybridized carbons (Fsp3) is 0.214. The zero-order chi connectivity index (χ0) is 14.1. The molecule has 3 heterocycles. The summed E-state index contributed by atoms with van der Waals surface area (Å²) in [6, 6.07) is 5.99. The molecule has 0 atom stereocenters. The van der Waals surface area contributed by atoms with Crippen LogP contribution in [0.25, 0.3) is 16.2 Å². The standard InChI is InChI=1S/C14H14N4OS/c1-9(2)17-14(19)10-8-16-18-11(5-6-15-13(10)18)12-4-3-7-20-12/h3-9H,1-2H3,(H,17,19). The first-order valence-electron chi connectivity index (χ1n) is 6.34. The molecule has 0 aromatic carbocycles. The van der Waals surface area contributed by atoms with E-state index in [0.717, 1.165) is 10.6 Å². The number of nitrogens with zero attached hydrogens (tertiary/aromatic N) is 3. The van der Waals surface area contributed by atoms with Crippen LogP contribution in [0.3, 0.4) is 0 Å². The molecule has 3 rings (SSSR count). The Kier molecular flexibility index (Phi) is 3.23. The van der Waals surface area contributed by atoms with Crippen LogP contribution in [0.15, 0.2) is 36.0 Å². The highest BCUT2D eigenvalue weighted by molar-refractivity contribution is 7.13. The lowest BCUT2D eigenvalue weighted by atomic mass is 10.2. The van der Waals surface area contributed by atoms with Crippen LogP contribution in [0.2, 0.25) is 0 Å². The van der Waals surface area contributed by atoms with Gasteiger partial charge >= 0.3 is 0 Å². The van der Waals surface area contributed by atoms with E-state index in [1.807, 2.05) is 37.4 Å². The molecule has 0 saturated carbocycles. The molecule has 6 heteroatoms. The van der Waals surface area contributed by atoms with E-state index in [1.54, 1.807) is 28.2 Å². The quantitative estimate of drug-likeness (QED) is 0.805. The lowest BCUT2D eigenvalue weighted by Gasteiger charge is -2.07. The molecule has 1 amide bonds. The van der Waals surface area contributed by atoms with Crippen LogP contribution in [0.1, 0.15) is 24.2 Å². The number of carbonyl (C=O) groups excluding carboxylic acids is 1. The summed E-state index contributed by atoms with van der Waals surface area (Å²) in [6.45, 7) is 3.85. The van der Waals surface area contributed by atoms with Crippen molar-refractivity contribution < 1.29 is 4.79 Å². The van der Waals surface area contributed by atoms with Gasteiger partial charge in [0.05, 0.1) is 16.8 Å². The van der Waals surface area contributed by atoms with Gasteiger partial charge in [0.15, 0.2) is 5.65 Å². The highest BCUT2D eigenvalue weighted by atomic mass is 32.1. The first-order valence-corrected chi connectivity index (χ1v) is 7.22. The molecule has 0 spiro atoms. The van der Waals surface area contributed by atoms with Gasteiger partial charge in [0, 0.05) is 12.2 Å². The fourth-order valence-corrected chi connectivity index (χ4v) is 2.74. The zero-order valence-corrected chi connectivity index (χ0v) is 12.0. The predicted molar refractivity (Wildman–Crippen MR) is 78.9 cm³/mol. The monoisotopic (exact) mass is 286 g/mol. The Labute approximate surface area is 120 Å². The molecule has 0 saturated heterocycles. The van der Waals surface area contributed by atoms with Crippen LogP contribution < -0.4 is 5.32 Å². The Morgan fingerprint density at radius 1 is 1.40 bits per heavy atom. The summed E-state index contributed by atoms with van der Waals surface area (Å²) in [5.74, 6) is -0.147. The van der Waals surface area contributed by atoms with E-state index >= 15 is 0 Å². The van der Waals surface area contributed by atoms with Gasteiger partial charge in [0.1, 0.15) is 5.56 Å². The van der Waals surface area contributed by atoms with Crippen LogP contribution in [0.4, 0.5) is 0 Å². The van der Waals surface area contributed by atoms with E-state index in [1.165, 1.54) is 0 Å². The topological polar surface area (TPSA) is 59.3 Å². The molecule has 0 aliphatic heterocycles. The Balaban J connectivity index is 2.10. The van der Waals surface area contributed by atoms with Gasteiger partial charge in [-0.15, -0.1) is 11.3 Å². The van der Waals surface area contributed by atoms with Crippen molar-refractivity contribution in [2.45, 2.75) is 19.9 Å². The third-order valence-corrected chi connectivity index (χ3v) is 3.73. The largest absolute Gasteiger partial charge is 0.350 e. The summed E-state index contributed by atoms with van der Waals surface area (Å²) in [6.07, 6.45) is 3.27. The average molecular weight is 286 g/mol. The zero-order valence-electron chi connectivity index (χ0n) is 11.2. The van der Waals surface area contributed by atoms with E-state index < -0.39 is 0 Å². The molecular weight excluding hydrogens is 272 g/mol. The fourth-order valence-electron chi connectivity index (χ4n) is 2.00. The van der Waals surface area contributed by atoms with Crippen LogP contribution in [-0.4, -0.2) is 26.5 Å². The minimum atomic E-state index is -0.147. The third-order valence-electron chi connectivity index (χ3n) is 2.84. The lowest BCUT2D eigenvalue weighted by molar-refractivity contribution is 0.0944. The van der Waals surface area contributed by atoms with Crippen molar-refractivity contribution in [2.24, 2.45) is 0 Å². The van der Waals surface area contributed by atoms with E-state index in [2.05, 4.69) is 15.4 Å². The number of carbonyl (C=O) groups is 1. The lowest BCUT2D eigenvalue weighted by Crippen LogP contribution is -2.30. The maximum atomic E-state index is 12.1. The smallest absolute Gasteiger partial charge is 0.256 e. The van der Waals surface area contributed by atoms with Crippen LogP contribution in [0, 0.1) is 0 Å². The third kappa shape index (κ3) is 2.18. The Hall–Kier alpha value is -2.21. The second-order valence-corrected chi connectivity index (χ2v) is 5.68. The molecule has 0 bridgehead atoms. The van der Waals surface area contributed by atoms with Crippen molar-refractivity contribution in [1.82, 2.24) is 19.9 Å². The number of fused-ring (bicyclic) bond motifs is 1. The van der Waals surface area contributed by atoms with Gasteiger partial charge < -0.3 is 5.32 Å². The maximum absolute atomic E-state index is 12.1. The van der Waals surface area contributed by atoms with Crippen LogP contribution in [0.5, 0.6) is 0 Å². The van der Waals surface area contributed by atoms with Crippen molar-refractivity contribution in [3.8, 4) is 10.6 Å². The SMILES string of the molecule is CC(C)NC(=O)c1cnn2c(-c3cccs3)ccnc12. The second kappa shape index (κ2) is 5.05. The number of aromatic nitrogens is 3. The number of hydrogen-bond acceptors (Lipinski definition) is 4. The van der Waals surface area contributed by atoms with E-state index in [-0.39, 0.29) is 11.9 Å². The molecule has 102 valence electrons. The van der Waals surface area contributed by atoms with Gasteiger partial charge in [-0.1, -0.05) is 6.07 Å². The van der Waals surface area contributed by atoms with Gasteiger partial charge in [-0.2, -0.15) is 5.10 Å². The highest BCUT2D eigenvalue weighted by Crippen LogP contribution is 2.25. The van der Waals surface area contributed by atoms with Gasteiger partial charge in [-0.25, -0.2) is 9.50 Å². The van der Waals surface area contributed by atoms with Gasteiger partial charge in [-0.3, -0.25) is 4.79 Å². The van der Waals surface area contributed by atoms with Crippen molar-refractivity contribution in [1.29, 1.82) is 0 Å². The number of hydrogen-bond donors (Lipinski definition) is 1.